The minimum atomic E-state index is -0.908. The quantitative estimate of drug-likeness (QED) is 0.0854. The predicted octanol–water partition coefficient (Wildman–Crippen LogP) is 6.01. The van der Waals surface area contributed by atoms with Crippen LogP contribution in [0.1, 0.15) is 36.8 Å². The molecule has 7 rings (SSSR count). The Balaban J connectivity index is 1.15. The van der Waals surface area contributed by atoms with Crippen molar-refractivity contribution in [2.45, 2.75) is 41.8 Å². The van der Waals surface area contributed by atoms with E-state index in [-0.39, 0.29) is 51.1 Å². The van der Waals surface area contributed by atoms with Gasteiger partial charge in [-0.1, -0.05) is 48.4 Å². The van der Waals surface area contributed by atoms with Crippen LogP contribution in [0.25, 0.3) is 16.3 Å². The van der Waals surface area contributed by atoms with Crippen molar-refractivity contribution >= 4 is 86.1 Å². The lowest BCUT2D eigenvalue weighted by atomic mass is 9.81. The Labute approximate surface area is 275 Å². The van der Waals surface area contributed by atoms with Crippen LogP contribution < -0.4 is 15.1 Å². The molecule has 3 heterocycles. The van der Waals surface area contributed by atoms with Crippen LogP contribution in [-0.4, -0.2) is 39.6 Å². The zero-order valence-electron chi connectivity index (χ0n) is 24.8. The standard InChI is InChI=1S/C33H25N5O7S2/c1-17-6-9-19(10-7-17)37-31(42)23(28(39)35-32(37)43)14-18-8-13-26(25(15-18)38(44)45)46-33-34-24-12-11-20(16-27(24)47-33)36-29(40)21-4-2-3-5-22(21)30(36)41/h6-16,21-22H,2-5H2,1H3,(H,35,39,43)/b23-14+/t21-,22+. The molecule has 0 bridgehead atoms. The van der Waals surface area contributed by atoms with E-state index in [1.165, 1.54) is 40.5 Å². The monoisotopic (exact) mass is 667 g/mol. The number of hydrogen-bond donors (Lipinski definition) is 1. The van der Waals surface area contributed by atoms with Crippen LogP contribution in [0.3, 0.4) is 0 Å². The fraction of sp³-hybridized carbons (Fsp3) is 0.212. The molecule has 0 radical (unpaired) electrons. The van der Waals surface area contributed by atoms with Gasteiger partial charge in [0.1, 0.15) is 5.57 Å². The van der Waals surface area contributed by atoms with Crippen molar-refractivity contribution in [1.29, 1.82) is 0 Å². The number of carbonyl (C=O) groups excluding carboxylic acids is 5. The first kappa shape index (κ1) is 30.4. The first-order chi connectivity index (χ1) is 22.6. The number of thiazole rings is 1. The molecule has 4 aromatic rings. The van der Waals surface area contributed by atoms with Gasteiger partial charge in [0, 0.05) is 6.07 Å². The lowest BCUT2D eigenvalue weighted by molar-refractivity contribution is -0.387. The van der Waals surface area contributed by atoms with E-state index >= 15 is 0 Å². The predicted molar refractivity (Wildman–Crippen MR) is 175 cm³/mol. The topological polar surface area (TPSA) is 160 Å². The molecule has 2 saturated heterocycles. The fourth-order valence-corrected chi connectivity index (χ4v) is 8.33. The number of amides is 6. The van der Waals surface area contributed by atoms with Crippen molar-refractivity contribution in [3.63, 3.8) is 0 Å². The van der Waals surface area contributed by atoms with Gasteiger partial charge in [0.05, 0.1) is 43.2 Å². The number of fused-ring (bicyclic) bond motifs is 2. The van der Waals surface area contributed by atoms with E-state index in [0.717, 1.165) is 52.6 Å². The third kappa shape index (κ3) is 5.48. The summed E-state index contributed by atoms with van der Waals surface area (Å²) < 4.78 is 1.23. The van der Waals surface area contributed by atoms with Crippen LogP contribution in [0.15, 0.2) is 75.5 Å². The second-order valence-electron chi connectivity index (χ2n) is 11.5. The zero-order chi connectivity index (χ0) is 33.0. The van der Waals surface area contributed by atoms with Gasteiger partial charge in [0.25, 0.3) is 17.5 Å². The summed E-state index contributed by atoms with van der Waals surface area (Å²) in [6.45, 7) is 1.85. The first-order valence-corrected chi connectivity index (χ1v) is 16.4. The van der Waals surface area contributed by atoms with Gasteiger partial charge in [-0.15, -0.1) is 11.3 Å². The number of hydrogen-bond acceptors (Lipinski definition) is 10. The highest BCUT2D eigenvalue weighted by atomic mass is 32.2. The fourth-order valence-electron chi connectivity index (χ4n) is 6.19. The summed E-state index contributed by atoms with van der Waals surface area (Å²) in [5, 5.41) is 14.3. The minimum absolute atomic E-state index is 0.161. The Bertz CT molecular complexity index is 2050. The molecule has 0 spiro atoms. The molecule has 1 saturated carbocycles. The van der Waals surface area contributed by atoms with Crippen LogP contribution in [0.5, 0.6) is 0 Å². The number of anilines is 2. The molecule has 236 valence electrons. The van der Waals surface area contributed by atoms with Crippen molar-refractivity contribution in [3.8, 4) is 0 Å². The summed E-state index contributed by atoms with van der Waals surface area (Å²) in [6, 6.07) is 15.2. The Morgan fingerprint density at radius 2 is 1.60 bits per heavy atom. The van der Waals surface area contributed by atoms with Gasteiger partial charge in [-0.2, -0.15) is 0 Å². The maximum Gasteiger partial charge on any atom is 0.335 e. The average Bonchev–Trinajstić information content (AvgIpc) is 3.57. The molecule has 3 aromatic carbocycles. The van der Waals surface area contributed by atoms with Gasteiger partial charge in [0.2, 0.25) is 11.8 Å². The number of rotatable bonds is 6. The Hall–Kier alpha value is -5.21. The van der Waals surface area contributed by atoms with Crippen LogP contribution in [-0.2, 0) is 19.2 Å². The number of urea groups is 1. The van der Waals surface area contributed by atoms with Gasteiger partial charge in [-0.05, 0) is 67.8 Å². The van der Waals surface area contributed by atoms with Gasteiger partial charge in [-0.25, -0.2) is 14.7 Å². The van der Waals surface area contributed by atoms with Gasteiger partial charge in [-0.3, -0.25) is 39.5 Å². The molecule has 1 aliphatic carbocycles. The third-order valence-electron chi connectivity index (χ3n) is 8.53. The lowest BCUT2D eigenvalue weighted by Crippen LogP contribution is -2.54. The van der Waals surface area contributed by atoms with Crippen LogP contribution in [0.2, 0.25) is 0 Å². The smallest absolute Gasteiger partial charge is 0.274 e. The summed E-state index contributed by atoms with van der Waals surface area (Å²) in [5.74, 6) is -2.61. The second-order valence-corrected chi connectivity index (χ2v) is 13.8. The number of nitro groups is 1. The molecule has 2 atom stereocenters. The Morgan fingerprint density at radius 3 is 2.28 bits per heavy atom. The first-order valence-electron chi connectivity index (χ1n) is 14.8. The molecule has 2 aliphatic heterocycles. The molecule has 1 N–H and O–H groups in total. The summed E-state index contributed by atoms with van der Waals surface area (Å²) in [5.41, 5.74) is 1.90. The Morgan fingerprint density at radius 1 is 0.915 bits per heavy atom. The summed E-state index contributed by atoms with van der Waals surface area (Å²) in [7, 11) is 0. The molecule has 47 heavy (non-hydrogen) atoms. The zero-order valence-corrected chi connectivity index (χ0v) is 26.4. The highest BCUT2D eigenvalue weighted by Crippen LogP contribution is 2.43. The van der Waals surface area contributed by atoms with Gasteiger partial charge >= 0.3 is 6.03 Å². The Kier molecular flexibility index (Phi) is 7.68. The highest BCUT2D eigenvalue weighted by Gasteiger charge is 2.48. The molecule has 1 aromatic heterocycles. The average molecular weight is 668 g/mol. The van der Waals surface area contributed by atoms with E-state index in [4.69, 9.17) is 0 Å². The van der Waals surface area contributed by atoms with Crippen molar-refractivity contribution in [2.24, 2.45) is 11.8 Å². The number of benzene rings is 3. The van der Waals surface area contributed by atoms with E-state index in [9.17, 15) is 34.1 Å². The van der Waals surface area contributed by atoms with Crippen molar-refractivity contribution in [1.82, 2.24) is 10.3 Å². The van der Waals surface area contributed by atoms with E-state index in [1.54, 1.807) is 42.5 Å². The lowest BCUT2D eigenvalue weighted by Gasteiger charge is -2.26. The largest absolute Gasteiger partial charge is 0.335 e. The molecule has 0 unspecified atom stereocenters. The van der Waals surface area contributed by atoms with Crippen molar-refractivity contribution < 1.29 is 28.9 Å². The number of nitro benzene ring substituents is 1. The van der Waals surface area contributed by atoms with Crippen LogP contribution >= 0.6 is 23.1 Å². The number of aryl methyl sites for hydroxylation is 1. The number of nitrogens with zero attached hydrogens (tertiary/aromatic N) is 4. The van der Waals surface area contributed by atoms with Gasteiger partial charge < -0.3 is 0 Å². The number of nitrogens with one attached hydrogen (secondary N) is 1. The number of imide groups is 3. The van der Waals surface area contributed by atoms with E-state index < -0.39 is 22.8 Å². The molecule has 3 fully saturated rings. The molecular weight excluding hydrogens is 643 g/mol. The van der Waals surface area contributed by atoms with Crippen molar-refractivity contribution in [3.05, 3.63) is 87.5 Å². The number of aromatic nitrogens is 1. The normalized spacial score (nSPS) is 20.7. The SMILES string of the molecule is Cc1ccc(N2C(=O)NC(=O)/C(=C\c3ccc(Sc4nc5ccc(N6C(=O)[C@H]7CCCC[C@H]7C6=O)cc5s4)c([N+](=O)[O-])c3)C2=O)cc1. The maximum atomic E-state index is 13.2. The number of carbonyl (C=O) groups is 5. The molecular formula is C33H25N5O7S2. The summed E-state index contributed by atoms with van der Waals surface area (Å²) >= 11 is 2.36. The highest BCUT2D eigenvalue weighted by molar-refractivity contribution is 8.01. The second kappa shape index (κ2) is 11.9. The van der Waals surface area contributed by atoms with Crippen molar-refractivity contribution in [2.75, 3.05) is 9.80 Å². The van der Waals surface area contributed by atoms with Crippen LogP contribution in [0, 0.1) is 28.9 Å². The number of barbiturate groups is 1. The maximum absolute atomic E-state index is 13.2. The van der Waals surface area contributed by atoms with Crippen LogP contribution in [0.4, 0.5) is 21.9 Å². The van der Waals surface area contributed by atoms with E-state index in [0.29, 0.717) is 15.5 Å². The van der Waals surface area contributed by atoms with E-state index in [1.807, 2.05) is 6.92 Å². The minimum Gasteiger partial charge on any atom is -0.274 e. The van der Waals surface area contributed by atoms with E-state index in [2.05, 4.69) is 10.3 Å². The summed E-state index contributed by atoms with van der Waals surface area (Å²) in [4.78, 5) is 83.1. The summed E-state index contributed by atoms with van der Waals surface area (Å²) in [6.07, 6.45) is 4.53. The molecule has 14 heteroatoms. The molecule has 3 aliphatic rings. The molecule has 6 amide bonds. The van der Waals surface area contributed by atoms with Gasteiger partial charge in [0.15, 0.2) is 4.34 Å². The molecule has 12 nitrogen and oxygen atoms in total. The third-order valence-corrected chi connectivity index (χ3v) is 10.7.